The first-order chi connectivity index (χ1) is 9.72. The van der Waals surface area contributed by atoms with Crippen LogP contribution in [0.15, 0.2) is 42.6 Å². The Balaban J connectivity index is 2.07. The fraction of sp³-hybridized carbons (Fsp3) is 0.267. The monoisotopic (exact) mass is 274 g/mol. The first-order valence-corrected chi connectivity index (χ1v) is 6.41. The summed E-state index contributed by atoms with van der Waals surface area (Å²) in [4.78, 5) is 4.09. The van der Waals surface area contributed by atoms with Crippen molar-refractivity contribution in [3.8, 4) is 11.6 Å². The van der Waals surface area contributed by atoms with Gasteiger partial charge in [0.05, 0.1) is 13.2 Å². The molecule has 0 aliphatic rings. The van der Waals surface area contributed by atoms with Crippen LogP contribution in [0.1, 0.15) is 11.1 Å². The van der Waals surface area contributed by atoms with Gasteiger partial charge >= 0.3 is 0 Å². The molecule has 0 aliphatic heterocycles. The van der Waals surface area contributed by atoms with Gasteiger partial charge in [-0.15, -0.1) is 0 Å². The lowest BCUT2D eigenvalue weighted by atomic mass is 10.1. The maximum absolute atomic E-state index is 9.21. The molecule has 0 aliphatic carbocycles. The molecular formula is C15H18N2O3. The second-order valence-corrected chi connectivity index (χ2v) is 4.52. The molecule has 5 heteroatoms. The van der Waals surface area contributed by atoms with Crippen LogP contribution in [0.2, 0.25) is 0 Å². The SMILES string of the molecule is NC(CO)Cc1ccc(Oc2ncccc2CO)cc1. The van der Waals surface area contributed by atoms with Crippen molar-refractivity contribution in [2.45, 2.75) is 19.1 Å². The zero-order valence-electron chi connectivity index (χ0n) is 11.1. The van der Waals surface area contributed by atoms with Gasteiger partial charge in [0.1, 0.15) is 5.75 Å². The average Bonchev–Trinajstić information content (AvgIpc) is 2.49. The highest BCUT2D eigenvalue weighted by Gasteiger charge is 2.06. The van der Waals surface area contributed by atoms with Gasteiger partial charge in [0.2, 0.25) is 5.88 Å². The van der Waals surface area contributed by atoms with Gasteiger partial charge in [-0.3, -0.25) is 0 Å². The van der Waals surface area contributed by atoms with E-state index in [2.05, 4.69) is 4.98 Å². The molecule has 5 nitrogen and oxygen atoms in total. The summed E-state index contributed by atoms with van der Waals surface area (Å²) >= 11 is 0. The summed E-state index contributed by atoms with van der Waals surface area (Å²) in [5.41, 5.74) is 7.35. The number of ether oxygens (including phenoxy) is 1. The molecule has 1 unspecified atom stereocenters. The van der Waals surface area contributed by atoms with Gasteiger partial charge in [-0.05, 0) is 36.2 Å². The minimum absolute atomic E-state index is 0.0357. The van der Waals surface area contributed by atoms with Crippen molar-refractivity contribution in [2.24, 2.45) is 5.73 Å². The van der Waals surface area contributed by atoms with Crippen molar-refractivity contribution in [2.75, 3.05) is 6.61 Å². The molecule has 0 saturated heterocycles. The third-order valence-electron chi connectivity index (χ3n) is 2.89. The second kappa shape index (κ2) is 7.00. The highest BCUT2D eigenvalue weighted by atomic mass is 16.5. The lowest BCUT2D eigenvalue weighted by Gasteiger charge is -2.10. The Bertz CT molecular complexity index is 543. The Labute approximate surface area is 117 Å². The molecule has 1 heterocycles. The van der Waals surface area contributed by atoms with E-state index in [1.165, 1.54) is 0 Å². The van der Waals surface area contributed by atoms with Gasteiger partial charge in [0, 0.05) is 17.8 Å². The Kier molecular flexibility index (Phi) is 5.06. The number of nitrogens with zero attached hydrogens (tertiary/aromatic N) is 1. The highest BCUT2D eigenvalue weighted by molar-refractivity contribution is 5.33. The predicted octanol–water partition coefficient (Wildman–Crippen LogP) is 1.23. The molecule has 0 bridgehead atoms. The quantitative estimate of drug-likeness (QED) is 0.737. The zero-order valence-corrected chi connectivity index (χ0v) is 11.1. The van der Waals surface area contributed by atoms with Crippen molar-refractivity contribution in [3.63, 3.8) is 0 Å². The molecule has 0 spiro atoms. The van der Waals surface area contributed by atoms with Gasteiger partial charge in [-0.25, -0.2) is 4.98 Å². The predicted molar refractivity (Wildman–Crippen MR) is 75.4 cm³/mol. The second-order valence-electron chi connectivity index (χ2n) is 4.52. The Morgan fingerprint density at radius 3 is 2.55 bits per heavy atom. The van der Waals surface area contributed by atoms with Gasteiger partial charge in [-0.1, -0.05) is 12.1 Å². The number of hydrogen-bond donors (Lipinski definition) is 3. The van der Waals surface area contributed by atoms with Crippen LogP contribution in [0, 0.1) is 0 Å². The topological polar surface area (TPSA) is 88.6 Å². The van der Waals surface area contributed by atoms with E-state index in [4.69, 9.17) is 15.6 Å². The molecule has 0 fully saturated rings. The number of aromatic nitrogens is 1. The summed E-state index contributed by atoms with van der Waals surface area (Å²) in [5, 5.41) is 18.1. The van der Waals surface area contributed by atoms with Crippen LogP contribution in [0.5, 0.6) is 11.6 Å². The maximum Gasteiger partial charge on any atom is 0.224 e. The van der Waals surface area contributed by atoms with Gasteiger partial charge in [-0.2, -0.15) is 0 Å². The number of nitrogens with two attached hydrogens (primary N) is 1. The molecule has 1 aromatic carbocycles. The molecule has 106 valence electrons. The molecule has 1 atom stereocenters. The smallest absolute Gasteiger partial charge is 0.224 e. The van der Waals surface area contributed by atoms with E-state index in [1.54, 1.807) is 18.3 Å². The van der Waals surface area contributed by atoms with E-state index in [0.29, 0.717) is 23.6 Å². The third kappa shape index (κ3) is 3.77. The van der Waals surface area contributed by atoms with Crippen LogP contribution in [0.4, 0.5) is 0 Å². The van der Waals surface area contributed by atoms with Crippen LogP contribution in [0.3, 0.4) is 0 Å². The van der Waals surface area contributed by atoms with Gasteiger partial charge in [0.15, 0.2) is 0 Å². The molecule has 20 heavy (non-hydrogen) atoms. The Hall–Kier alpha value is -1.95. The molecule has 1 aromatic heterocycles. The molecule has 0 amide bonds. The number of aliphatic hydroxyl groups is 2. The normalized spacial score (nSPS) is 12.2. The van der Waals surface area contributed by atoms with E-state index in [9.17, 15) is 5.11 Å². The molecule has 4 N–H and O–H groups in total. The number of benzene rings is 1. The Morgan fingerprint density at radius 2 is 1.90 bits per heavy atom. The maximum atomic E-state index is 9.21. The third-order valence-corrected chi connectivity index (χ3v) is 2.89. The van der Waals surface area contributed by atoms with Crippen LogP contribution in [-0.4, -0.2) is 27.8 Å². The Morgan fingerprint density at radius 1 is 1.15 bits per heavy atom. The summed E-state index contributed by atoms with van der Waals surface area (Å²) in [6, 6.07) is 10.7. The first-order valence-electron chi connectivity index (χ1n) is 6.41. The van der Waals surface area contributed by atoms with E-state index < -0.39 is 0 Å². The van der Waals surface area contributed by atoms with Crippen LogP contribution in [-0.2, 0) is 13.0 Å². The minimum atomic E-state index is -0.251. The number of aliphatic hydroxyl groups excluding tert-OH is 2. The largest absolute Gasteiger partial charge is 0.439 e. The number of hydrogen-bond acceptors (Lipinski definition) is 5. The summed E-state index contributed by atoms with van der Waals surface area (Å²) in [5.74, 6) is 1.04. The fourth-order valence-corrected chi connectivity index (χ4v) is 1.81. The standard InChI is InChI=1S/C15H18N2O3/c16-13(10-19)8-11-3-5-14(6-4-11)20-15-12(9-18)2-1-7-17-15/h1-7,13,18-19H,8-10,16H2. The molecule has 0 radical (unpaired) electrons. The van der Waals surface area contributed by atoms with Crippen LogP contribution >= 0.6 is 0 Å². The van der Waals surface area contributed by atoms with Gasteiger partial charge in [0.25, 0.3) is 0 Å². The summed E-state index contributed by atoms with van der Waals surface area (Å²) in [6.07, 6.45) is 2.23. The molecule has 2 rings (SSSR count). The number of pyridine rings is 1. The van der Waals surface area contributed by atoms with Crippen molar-refractivity contribution in [1.29, 1.82) is 0 Å². The van der Waals surface area contributed by atoms with Gasteiger partial charge < -0.3 is 20.7 Å². The molecule has 2 aromatic rings. The van der Waals surface area contributed by atoms with E-state index in [-0.39, 0.29) is 19.3 Å². The van der Waals surface area contributed by atoms with Crippen molar-refractivity contribution in [1.82, 2.24) is 4.98 Å². The molecular weight excluding hydrogens is 256 g/mol. The van der Waals surface area contributed by atoms with E-state index >= 15 is 0 Å². The summed E-state index contributed by atoms with van der Waals surface area (Å²) < 4.78 is 5.63. The minimum Gasteiger partial charge on any atom is -0.439 e. The lowest BCUT2D eigenvalue weighted by molar-refractivity contribution is 0.265. The van der Waals surface area contributed by atoms with Crippen molar-refractivity contribution >= 4 is 0 Å². The van der Waals surface area contributed by atoms with Crippen LogP contribution in [0.25, 0.3) is 0 Å². The van der Waals surface area contributed by atoms with E-state index in [0.717, 1.165) is 5.56 Å². The fourth-order valence-electron chi connectivity index (χ4n) is 1.81. The van der Waals surface area contributed by atoms with Crippen molar-refractivity contribution < 1.29 is 14.9 Å². The number of rotatable bonds is 6. The highest BCUT2D eigenvalue weighted by Crippen LogP contribution is 2.23. The first kappa shape index (κ1) is 14.5. The summed E-state index contributed by atoms with van der Waals surface area (Å²) in [6.45, 7) is -0.154. The van der Waals surface area contributed by atoms with Crippen LogP contribution < -0.4 is 10.5 Å². The van der Waals surface area contributed by atoms with E-state index in [1.807, 2.05) is 24.3 Å². The average molecular weight is 274 g/mol. The lowest BCUT2D eigenvalue weighted by Crippen LogP contribution is -2.26. The summed E-state index contributed by atoms with van der Waals surface area (Å²) in [7, 11) is 0. The zero-order chi connectivity index (χ0) is 14.4. The van der Waals surface area contributed by atoms with Crippen molar-refractivity contribution in [3.05, 3.63) is 53.7 Å². The molecule has 0 saturated carbocycles.